The van der Waals surface area contributed by atoms with E-state index >= 15 is 0 Å². The number of aromatic carboxylic acids is 1. The Morgan fingerprint density at radius 2 is 1.65 bits per heavy atom. The minimum Gasteiger partial charge on any atom is -0.493 e. The Morgan fingerprint density at radius 3 is 2.22 bits per heavy atom. The predicted molar refractivity (Wildman–Crippen MR) is 138 cm³/mol. The number of carbonyl (C=O) groups is 3. The zero-order valence-electron chi connectivity index (χ0n) is 19.8. The van der Waals surface area contributed by atoms with Gasteiger partial charge in [-0.3, -0.25) is 4.79 Å². The lowest BCUT2D eigenvalue weighted by atomic mass is 10.1. The van der Waals surface area contributed by atoms with Gasteiger partial charge < -0.3 is 24.6 Å². The first-order valence-corrected chi connectivity index (χ1v) is 11.5. The SMILES string of the molecule is COC(=O)c1ccc(NC(=O)/C(C#N)=C/c2cc(OC)c(OCc3ccc(C(=O)O)cc3)cc2Br)cc1. The normalized spacial score (nSPS) is 10.7. The van der Waals surface area contributed by atoms with Crippen LogP contribution in [-0.2, 0) is 16.1 Å². The molecule has 0 saturated heterocycles. The monoisotopic (exact) mass is 564 g/mol. The lowest BCUT2D eigenvalue weighted by Gasteiger charge is -2.13. The molecule has 10 heteroatoms. The molecule has 0 aliphatic rings. The largest absolute Gasteiger partial charge is 0.493 e. The van der Waals surface area contributed by atoms with E-state index < -0.39 is 17.8 Å². The maximum Gasteiger partial charge on any atom is 0.337 e. The Morgan fingerprint density at radius 1 is 1.00 bits per heavy atom. The maximum atomic E-state index is 12.7. The number of ether oxygens (including phenoxy) is 3. The molecule has 188 valence electrons. The van der Waals surface area contributed by atoms with Gasteiger partial charge in [-0.1, -0.05) is 28.1 Å². The number of anilines is 1. The van der Waals surface area contributed by atoms with E-state index in [9.17, 15) is 19.6 Å². The average Bonchev–Trinajstić information content (AvgIpc) is 2.91. The molecular formula is C27H21BrN2O7. The molecule has 0 unspecified atom stereocenters. The van der Waals surface area contributed by atoms with Gasteiger partial charge in [-0.05, 0) is 65.7 Å². The van der Waals surface area contributed by atoms with Gasteiger partial charge in [-0.2, -0.15) is 5.26 Å². The number of rotatable bonds is 9. The molecule has 0 atom stereocenters. The van der Waals surface area contributed by atoms with Crippen molar-refractivity contribution in [2.24, 2.45) is 0 Å². The second-order valence-corrected chi connectivity index (χ2v) is 8.36. The van der Waals surface area contributed by atoms with Crippen molar-refractivity contribution in [1.29, 1.82) is 5.26 Å². The van der Waals surface area contributed by atoms with Crippen molar-refractivity contribution < 1.29 is 33.7 Å². The van der Waals surface area contributed by atoms with Crippen molar-refractivity contribution in [3.63, 3.8) is 0 Å². The van der Waals surface area contributed by atoms with Crippen molar-refractivity contribution >= 4 is 45.5 Å². The van der Waals surface area contributed by atoms with Gasteiger partial charge in [-0.15, -0.1) is 0 Å². The van der Waals surface area contributed by atoms with Crippen LogP contribution < -0.4 is 14.8 Å². The zero-order chi connectivity index (χ0) is 26.9. The highest BCUT2D eigenvalue weighted by Gasteiger charge is 2.15. The van der Waals surface area contributed by atoms with E-state index in [1.54, 1.807) is 24.3 Å². The molecule has 37 heavy (non-hydrogen) atoms. The number of hydrogen-bond donors (Lipinski definition) is 2. The third kappa shape index (κ3) is 6.96. The molecule has 3 aromatic rings. The Hall–Kier alpha value is -4.62. The number of halogens is 1. The van der Waals surface area contributed by atoms with E-state index in [4.69, 9.17) is 14.6 Å². The highest BCUT2D eigenvalue weighted by atomic mass is 79.9. The lowest BCUT2D eigenvalue weighted by molar-refractivity contribution is -0.112. The number of methoxy groups -OCH3 is 2. The number of carboxylic acids is 1. The van der Waals surface area contributed by atoms with Gasteiger partial charge in [-0.25, -0.2) is 9.59 Å². The summed E-state index contributed by atoms with van der Waals surface area (Å²) in [4.78, 5) is 35.2. The summed E-state index contributed by atoms with van der Waals surface area (Å²) in [5, 5.41) is 21.2. The first-order chi connectivity index (χ1) is 17.7. The molecular weight excluding hydrogens is 544 g/mol. The van der Waals surface area contributed by atoms with Gasteiger partial charge in [0.05, 0.1) is 25.3 Å². The van der Waals surface area contributed by atoms with E-state index in [0.29, 0.717) is 32.8 Å². The fourth-order valence-corrected chi connectivity index (χ4v) is 3.59. The van der Waals surface area contributed by atoms with Crippen molar-refractivity contribution in [3.8, 4) is 17.6 Å². The molecule has 0 saturated carbocycles. The van der Waals surface area contributed by atoms with Crippen LogP contribution in [0.25, 0.3) is 6.08 Å². The van der Waals surface area contributed by atoms with Crippen LogP contribution in [0.3, 0.4) is 0 Å². The van der Waals surface area contributed by atoms with Crippen LogP contribution in [0.1, 0.15) is 31.8 Å². The number of nitrogens with zero attached hydrogens (tertiary/aromatic N) is 1. The molecule has 1 amide bonds. The number of nitriles is 1. The second-order valence-electron chi connectivity index (χ2n) is 7.51. The molecule has 3 rings (SSSR count). The third-order valence-electron chi connectivity index (χ3n) is 5.11. The van der Waals surface area contributed by atoms with Gasteiger partial charge in [0.2, 0.25) is 0 Å². The number of amides is 1. The third-order valence-corrected chi connectivity index (χ3v) is 5.79. The predicted octanol–water partition coefficient (Wildman–Crippen LogP) is 5.07. The number of carboxylic acid groups (broad SMARTS) is 1. The molecule has 0 aliphatic heterocycles. The minimum atomic E-state index is -1.01. The van der Waals surface area contributed by atoms with Gasteiger partial charge >= 0.3 is 11.9 Å². The fraction of sp³-hybridized carbons (Fsp3) is 0.111. The lowest BCUT2D eigenvalue weighted by Crippen LogP contribution is -2.13. The number of hydrogen-bond acceptors (Lipinski definition) is 7. The molecule has 0 bridgehead atoms. The minimum absolute atomic E-state index is 0.160. The molecule has 9 nitrogen and oxygen atoms in total. The topological polar surface area (TPSA) is 135 Å². The van der Waals surface area contributed by atoms with Crippen molar-refractivity contribution in [1.82, 2.24) is 0 Å². The number of esters is 1. The van der Waals surface area contributed by atoms with Crippen LogP contribution in [-0.4, -0.2) is 37.2 Å². The zero-order valence-corrected chi connectivity index (χ0v) is 21.4. The van der Waals surface area contributed by atoms with E-state index in [1.807, 2.05) is 6.07 Å². The summed E-state index contributed by atoms with van der Waals surface area (Å²) < 4.78 is 16.5. The highest BCUT2D eigenvalue weighted by molar-refractivity contribution is 9.10. The Kier molecular flexibility index (Phi) is 9.02. The highest BCUT2D eigenvalue weighted by Crippen LogP contribution is 2.35. The van der Waals surface area contributed by atoms with Crippen molar-refractivity contribution in [2.75, 3.05) is 19.5 Å². The van der Waals surface area contributed by atoms with Crippen LogP contribution in [0.15, 0.2) is 70.7 Å². The van der Waals surface area contributed by atoms with Gasteiger partial charge in [0.15, 0.2) is 11.5 Å². The Bertz CT molecular complexity index is 1390. The summed E-state index contributed by atoms with van der Waals surface area (Å²) in [7, 11) is 2.73. The molecule has 0 radical (unpaired) electrons. The van der Waals surface area contributed by atoms with Gasteiger partial charge in [0.25, 0.3) is 5.91 Å². The molecule has 0 aliphatic carbocycles. The van der Waals surface area contributed by atoms with Gasteiger partial charge in [0.1, 0.15) is 18.2 Å². The molecule has 0 heterocycles. The summed E-state index contributed by atoms with van der Waals surface area (Å²) in [5.74, 6) is -1.37. The smallest absolute Gasteiger partial charge is 0.337 e. The van der Waals surface area contributed by atoms with Gasteiger partial charge in [0, 0.05) is 10.2 Å². The van der Waals surface area contributed by atoms with Crippen LogP contribution in [0.5, 0.6) is 11.5 Å². The molecule has 3 aromatic carbocycles. The summed E-state index contributed by atoms with van der Waals surface area (Å²) in [5.41, 5.74) is 2.00. The van der Waals surface area contributed by atoms with E-state index in [0.717, 1.165) is 5.56 Å². The molecule has 0 fully saturated rings. The fourth-order valence-electron chi connectivity index (χ4n) is 3.15. The van der Waals surface area contributed by atoms with Crippen LogP contribution in [0.2, 0.25) is 0 Å². The van der Waals surface area contributed by atoms with Crippen LogP contribution >= 0.6 is 15.9 Å². The average molecular weight is 565 g/mol. The van der Waals surface area contributed by atoms with Crippen LogP contribution in [0.4, 0.5) is 5.69 Å². The van der Waals surface area contributed by atoms with E-state index in [2.05, 4.69) is 26.0 Å². The molecule has 0 aromatic heterocycles. The first-order valence-electron chi connectivity index (χ1n) is 10.7. The van der Waals surface area contributed by atoms with E-state index in [1.165, 1.54) is 56.7 Å². The first kappa shape index (κ1) is 27.0. The van der Waals surface area contributed by atoms with Crippen LogP contribution in [0, 0.1) is 11.3 Å². The van der Waals surface area contributed by atoms with Crippen molar-refractivity contribution in [3.05, 3.63) is 93.0 Å². The summed E-state index contributed by atoms with van der Waals surface area (Å²) >= 11 is 3.43. The number of carbonyl (C=O) groups excluding carboxylic acids is 2. The quantitative estimate of drug-likeness (QED) is 0.209. The summed E-state index contributed by atoms with van der Waals surface area (Å²) in [6.45, 7) is 0.165. The molecule has 0 spiro atoms. The summed E-state index contributed by atoms with van der Waals surface area (Å²) in [6, 6.07) is 17.5. The maximum absolute atomic E-state index is 12.7. The Balaban J connectivity index is 1.76. The second kappa shape index (κ2) is 12.4. The van der Waals surface area contributed by atoms with E-state index in [-0.39, 0.29) is 17.7 Å². The standard InChI is InChI=1S/C27H21BrN2O7/c1-35-23-12-19(22(28)13-24(23)37-15-16-3-5-17(6-4-16)26(32)33)11-20(14-29)25(31)30-21-9-7-18(8-10-21)27(34)36-2/h3-13H,15H2,1-2H3,(H,30,31)(H,32,33)/b20-11+. The number of benzene rings is 3. The Labute approximate surface area is 221 Å². The summed E-state index contributed by atoms with van der Waals surface area (Å²) in [6.07, 6.45) is 1.40. The molecule has 2 N–H and O–H groups in total. The van der Waals surface area contributed by atoms with Crippen molar-refractivity contribution in [2.45, 2.75) is 6.61 Å². The number of nitrogens with one attached hydrogen (secondary N) is 1.